The summed E-state index contributed by atoms with van der Waals surface area (Å²) in [6, 6.07) is 14.0. The summed E-state index contributed by atoms with van der Waals surface area (Å²) in [5.41, 5.74) is 10.0. The summed E-state index contributed by atoms with van der Waals surface area (Å²) < 4.78 is 0. The number of nitrogens with two attached hydrogens (primary N) is 1. The second kappa shape index (κ2) is 7.48. The van der Waals surface area contributed by atoms with Crippen LogP contribution in [0.2, 0.25) is 0 Å². The Morgan fingerprint density at radius 1 is 1.00 bits per heavy atom. The highest BCUT2D eigenvalue weighted by atomic mass is 32.2. The monoisotopic (exact) mass is 405 g/mol. The molecule has 4 rings (SSSR count). The maximum absolute atomic E-state index is 13.6. The van der Waals surface area contributed by atoms with Crippen LogP contribution >= 0.6 is 11.8 Å². The molecule has 0 bridgehead atoms. The molecule has 0 radical (unpaired) electrons. The van der Waals surface area contributed by atoms with E-state index in [0.29, 0.717) is 11.7 Å². The maximum atomic E-state index is 13.6. The fraction of sp³-hybridized carbons (Fsp3) is 0.273. The van der Waals surface area contributed by atoms with E-state index in [9.17, 15) is 4.79 Å². The van der Waals surface area contributed by atoms with Crippen molar-refractivity contribution in [2.24, 2.45) is 26.6 Å². The third-order valence-electron chi connectivity index (χ3n) is 5.28. The van der Waals surface area contributed by atoms with E-state index in [1.165, 1.54) is 0 Å². The molecule has 0 aromatic heterocycles. The number of amidine groups is 3. The summed E-state index contributed by atoms with van der Waals surface area (Å²) >= 11 is 1.67. The van der Waals surface area contributed by atoms with Gasteiger partial charge in [0.1, 0.15) is 23.4 Å². The quantitative estimate of drug-likeness (QED) is 0.793. The average Bonchev–Trinajstić information content (AvgIpc) is 2.69. The van der Waals surface area contributed by atoms with E-state index < -0.39 is 12.1 Å². The van der Waals surface area contributed by atoms with Crippen LogP contribution in [-0.2, 0) is 4.79 Å². The number of aryl methyl sites for hydroxylation is 2. The van der Waals surface area contributed by atoms with E-state index in [1.54, 1.807) is 23.6 Å². The summed E-state index contributed by atoms with van der Waals surface area (Å²) in [7, 11) is 0. The fourth-order valence-corrected chi connectivity index (χ4v) is 3.95. The molecule has 1 amide bonds. The van der Waals surface area contributed by atoms with Gasteiger partial charge in [-0.3, -0.25) is 9.69 Å². The topological polar surface area (TPSA) is 83.4 Å². The third kappa shape index (κ3) is 3.46. The number of rotatable bonds is 3. The number of hydrogen-bond acceptors (Lipinski definition) is 6. The van der Waals surface area contributed by atoms with Crippen molar-refractivity contribution in [1.29, 1.82) is 0 Å². The Kier molecular flexibility index (Phi) is 5.00. The van der Waals surface area contributed by atoms with Gasteiger partial charge < -0.3 is 5.73 Å². The molecule has 2 aliphatic rings. The Labute approximate surface area is 174 Å². The first-order chi connectivity index (χ1) is 13.9. The maximum Gasteiger partial charge on any atom is 0.247 e. The summed E-state index contributed by atoms with van der Waals surface area (Å²) in [5.74, 6) is 0.543. The van der Waals surface area contributed by atoms with Gasteiger partial charge in [0.2, 0.25) is 5.91 Å². The van der Waals surface area contributed by atoms with Crippen LogP contribution in [0.4, 0.5) is 5.69 Å². The molecule has 7 heteroatoms. The molecule has 2 unspecified atom stereocenters. The molecule has 0 aliphatic carbocycles. The molecule has 148 valence electrons. The highest BCUT2D eigenvalue weighted by Gasteiger charge is 2.43. The molecule has 2 aromatic carbocycles. The Morgan fingerprint density at radius 3 is 2.38 bits per heavy atom. The lowest BCUT2D eigenvalue weighted by atomic mass is 9.97. The molecule has 6 nitrogen and oxygen atoms in total. The van der Waals surface area contributed by atoms with E-state index in [0.717, 1.165) is 27.3 Å². The largest absolute Gasteiger partial charge is 0.386 e. The van der Waals surface area contributed by atoms with Crippen LogP contribution < -0.4 is 10.6 Å². The van der Waals surface area contributed by atoms with Gasteiger partial charge in [0, 0.05) is 10.5 Å². The third-order valence-corrected chi connectivity index (χ3v) is 6.02. The molecule has 0 saturated carbocycles. The van der Waals surface area contributed by atoms with Crippen LogP contribution in [0.15, 0.2) is 62.3 Å². The van der Waals surface area contributed by atoms with Gasteiger partial charge in [-0.1, -0.05) is 18.2 Å². The SMILES string of the molecule is CSc1ccc(C2=NC3N=C(C)N=C(N)C3C(=O)N2c2ccc(C)c(C)c2)cc1. The lowest BCUT2D eigenvalue weighted by Gasteiger charge is -2.36. The molecule has 2 heterocycles. The van der Waals surface area contributed by atoms with Gasteiger partial charge in [0.15, 0.2) is 6.17 Å². The second-order valence-corrected chi connectivity index (χ2v) is 8.11. The van der Waals surface area contributed by atoms with E-state index in [1.807, 2.05) is 62.6 Å². The van der Waals surface area contributed by atoms with Crippen molar-refractivity contribution in [1.82, 2.24) is 0 Å². The van der Waals surface area contributed by atoms with Crippen LogP contribution in [-0.4, -0.2) is 35.8 Å². The van der Waals surface area contributed by atoms with Gasteiger partial charge in [-0.05, 0) is 62.4 Å². The number of fused-ring (bicyclic) bond motifs is 1. The van der Waals surface area contributed by atoms with Gasteiger partial charge in [-0.25, -0.2) is 15.0 Å². The molecular weight excluding hydrogens is 382 g/mol. The number of hydrogen-bond donors (Lipinski definition) is 1. The van der Waals surface area contributed by atoms with Crippen LogP contribution in [0.25, 0.3) is 0 Å². The summed E-state index contributed by atoms with van der Waals surface area (Å²) in [4.78, 5) is 30.0. The second-order valence-electron chi connectivity index (χ2n) is 7.23. The highest BCUT2D eigenvalue weighted by Crippen LogP contribution is 2.31. The van der Waals surface area contributed by atoms with Crippen LogP contribution in [0, 0.1) is 19.8 Å². The molecule has 2 aliphatic heterocycles. The van der Waals surface area contributed by atoms with Crippen molar-refractivity contribution in [2.45, 2.75) is 31.8 Å². The zero-order chi connectivity index (χ0) is 20.7. The van der Waals surface area contributed by atoms with Crippen molar-refractivity contribution in [3.63, 3.8) is 0 Å². The van der Waals surface area contributed by atoms with Gasteiger partial charge in [0.05, 0.1) is 5.69 Å². The number of carbonyl (C=O) groups excluding carboxylic acids is 1. The summed E-state index contributed by atoms with van der Waals surface area (Å²) in [6.07, 6.45) is 1.45. The van der Waals surface area contributed by atoms with E-state index in [-0.39, 0.29) is 11.7 Å². The first-order valence-electron chi connectivity index (χ1n) is 9.41. The first kappa shape index (κ1) is 19.4. The summed E-state index contributed by atoms with van der Waals surface area (Å²) in [5, 5.41) is 0. The lowest BCUT2D eigenvalue weighted by Crippen LogP contribution is -2.54. The Morgan fingerprint density at radius 2 is 1.72 bits per heavy atom. The van der Waals surface area contributed by atoms with Crippen LogP contribution in [0.5, 0.6) is 0 Å². The van der Waals surface area contributed by atoms with Crippen molar-refractivity contribution in [3.8, 4) is 0 Å². The van der Waals surface area contributed by atoms with Crippen LogP contribution in [0.3, 0.4) is 0 Å². The average molecular weight is 406 g/mol. The van der Waals surface area contributed by atoms with Gasteiger partial charge in [-0.2, -0.15) is 0 Å². The summed E-state index contributed by atoms with van der Waals surface area (Å²) in [6.45, 7) is 5.85. The first-order valence-corrected chi connectivity index (χ1v) is 10.6. The zero-order valence-corrected chi connectivity index (χ0v) is 17.7. The molecule has 29 heavy (non-hydrogen) atoms. The lowest BCUT2D eigenvalue weighted by molar-refractivity contribution is -0.120. The minimum atomic E-state index is -0.686. The molecule has 0 spiro atoms. The number of aliphatic imine (C=N–C) groups is 3. The van der Waals surface area contributed by atoms with Crippen molar-refractivity contribution >= 4 is 40.9 Å². The Hall–Kier alpha value is -2.93. The number of thioether (sulfide) groups is 1. The predicted octanol–water partition coefficient (Wildman–Crippen LogP) is 3.55. The van der Waals surface area contributed by atoms with E-state index >= 15 is 0 Å². The fourth-order valence-electron chi connectivity index (χ4n) is 3.55. The Bertz CT molecular complexity index is 1070. The minimum Gasteiger partial charge on any atom is -0.386 e. The smallest absolute Gasteiger partial charge is 0.247 e. The van der Waals surface area contributed by atoms with Crippen molar-refractivity contribution < 1.29 is 4.79 Å². The molecule has 2 atom stereocenters. The molecule has 0 saturated heterocycles. The predicted molar refractivity (Wildman–Crippen MR) is 120 cm³/mol. The van der Waals surface area contributed by atoms with Gasteiger partial charge in [0.25, 0.3) is 0 Å². The molecular formula is C22H23N5OS. The molecule has 2 N–H and O–H groups in total. The van der Waals surface area contributed by atoms with Crippen molar-refractivity contribution in [3.05, 3.63) is 59.2 Å². The number of amides is 1. The van der Waals surface area contributed by atoms with Crippen LogP contribution in [0.1, 0.15) is 23.6 Å². The molecule has 0 fully saturated rings. The van der Waals surface area contributed by atoms with E-state index in [4.69, 9.17) is 10.7 Å². The van der Waals surface area contributed by atoms with Gasteiger partial charge >= 0.3 is 0 Å². The van der Waals surface area contributed by atoms with Gasteiger partial charge in [-0.15, -0.1) is 11.8 Å². The molecule has 2 aromatic rings. The normalized spacial score (nSPS) is 21.3. The zero-order valence-electron chi connectivity index (χ0n) is 16.9. The minimum absolute atomic E-state index is 0.158. The number of benzene rings is 2. The van der Waals surface area contributed by atoms with Crippen molar-refractivity contribution in [2.75, 3.05) is 11.2 Å². The standard InChI is InChI=1S/C22H23N5OS/c1-12-5-8-16(11-13(12)2)27-21(15-6-9-17(29-4)10-7-15)26-20-18(22(27)28)19(23)24-14(3)25-20/h5-11,18,20H,1-4H3,(H2,23,24,25). The number of carbonyl (C=O) groups is 1. The number of nitrogens with zero attached hydrogens (tertiary/aromatic N) is 4. The number of anilines is 1. The highest BCUT2D eigenvalue weighted by molar-refractivity contribution is 7.98. The Balaban J connectivity index is 1.89. The van der Waals surface area contributed by atoms with E-state index in [2.05, 4.69) is 9.98 Å².